The molecule has 0 saturated heterocycles. The molecule has 0 radical (unpaired) electrons. The van der Waals surface area contributed by atoms with Gasteiger partial charge >= 0.3 is 0 Å². The molecule has 0 bridgehead atoms. The molecule has 19 heavy (non-hydrogen) atoms. The fourth-order valence-electron chi connectivity index (χ4n) is 1.56. The molecule has 0 spiro atoms. The van der Waals surface area contributed by atoms with Gasteiger partial charge in [-0.25, -0.2) is 0 Å². The highest BCUT2D eigenvalue weighted by Gasteiger charge is 2.06. The van der Waals surface area contributed by atoms with E-state index in [1.807, 2.05) is 28.3 Å². The van der Waals surface area contributed by atoms with Gasteiger partial charge in [0.05, 0.1) is 19.5 Å². The Bertz CT molecular complexity index is 590. The third kappa shape index (κ3) is 4.21. The monoisotopic (exact) mass is 290 g/mol. The summed E-state index contributed by atoms with van der Waals surface area (Å²) >= 11 is 3.19. The largest absolute Gasteiger partial charge is 0.351 e. The molecule has 98 valence electrons. The summed E-state index contributed by atoms with van der Waals surface area (Å²) in [6.07, 6.45) is 0.429. The number of carbonyl (C=O) groups excluding carboxylic acids is 1. The van der Waals surface area contributed by atoms with Gasteiger partial charge in [-0.3, -0.25) is 4.79 Å². The van der Waals surface area contributed by atoms with Crippen molar-refractivity contribution in [3.8, 4) is 11.8 Å². The molecule has 2 aromatic heterocycles. The first-order chi connectivity index (χ1) is 9.29. The quantitative estimate of drug-likeness (QED) is 0.846. The third-order valence-corrected chi connectivity index (χ3v) is 4.11. The maximum absolute atomic E-state index is 11.8. The number of nitrogens with two attached hydrogens (primary N) is 1. The zero-order valence-electron chi connectivity index (χ0n) is 10.3. The van der Waals surface area contributed by atoms with Crippen molar-refractivity contribution in [3.05, 3.63) is 44.3 Å². The van der Waals surface area contributed by atoms with E-state index in [9.17, 15) is 4.79 Å². The van der Waals surface area contributed by atoms with Crippen molar-refractivity contribution >= 4 is 28.6 Å². The van der Waals surface area contributed by atoms with Crippen LogP contribution in [0.5, 0.6) is 0 Å². The first-order valence-corrected chi connectivity index (χ1v) is 7.65. The highest BCUT2D eigenvalue weighted by atomic mass is 32.1. The van der Waals surface area contributed by atoms with E-state index in [1.165, 1.54) is 0 Å². The summed E-state index contributed by atoms with van der Waals surface area (Å²) in [5.74, 6) is 5.87. The predicted molar refractivity (Wildman–Crippen MR) is 80.1 cm³/mol. The van der Waals surface area contributed by atoms with Gasteiger partial charge in [0, 0.05) is 10.4 Å². The van der Waals surface area contributed by atoms with Crippen molar-refractivity contribution in [2.45, 2.75) is 13.0 Å². The van der Waals surface area contributed by atoms with Gasteiger partial charge in [-0.1, -0.05) is 11.8 Å². The average molecular weight is 290 g/mol. The van der Waals surface area contributed by atoms with Crippen molar-refractivity contribution in [1.82, 2.24) is 5.32 Å². The Kier molecular flexibility index (Phi) is 5.16. The van der Waals surface area contributed by atoms with E-state index in [-0.39, 0.29) is 5.91 Å². The van der Waals surface area contributed by atoms with E-state index in [2.05, 4.69) is 17.2 Å². The molecule has 1 amide bonds. The van der Waals surface area contributed by atoms with Crippen molar-refractivity contribution < 1.29 is 4.79 Å². The van der Waals surface area contributed by atoms with E-state index in [4.69, 9.17) is 5.73 Å². The second-order valence-corrected chi connectivity index (χ2v) is 5.63. The van der Waals surface area contributed by atoms with Gasteiger partial charge in [-0.2, -0.15) is 11.3 Å². The lowest BCUT2D eigenvalue weighted by molar-refractivity contribution is -0.120. The summed E-state index contributed by atoms with van der Waals surface area (Å²) < 4.78 is 0. The molecule has 0 aromatic carbocycles. The molecule has 0 unspecified atom stereocenters. The number of hydrogen-bond acceptors (Lipinski definition) is 4. The number of amides is 1. The minimum Gasteiger partial charge on any atom is -0.351 e. The Morgan fingerprint density at radius 3 is 3.00 bits per heavy atom. The summed E-state index contributed by atoms with van der Waals surface area (Å²) in [6.45, 7) is 0.870. The normalized spacial score (nSPS) is 9.74. The zero-order valence-corrected chi connectivity index (χ0v) is 11.9. The number of hydrogen-bond donors (Lipinski definition) is 2. The average Bonchev–Trinajstić information content (AvgIpc) is 3.05. The summed E-state index contributed by atoms with van der Waals surface area (Å²) in [4.78, 5) is 12.8. The van der Waals surface area contributed by atoms with Crippen LogP contribution in [0.3, 0.4) is 0 Å². The van der Waals surface area contributed by atoms with Crippen LogP contribution in [0.15, 0.2) is 28.3 Å². The standard InChI is InChI=1S/C14H14N2OS2/c15-5-1-2-12-4-7-19-13(12)9-16-14(17)8-11-3-6-18-10-11/h3-4,6-7,10H,5,8-9,15H2,(H,16,17). The number of nitrogens with one attached hydrogen (secondary N) is 1. The topological polar surface area (TPSA) is 55.1 Å². The molecule has 0 atom stereocenters. The Labute approximate surface area is 120 Å². The van der Waals surface area contributed by atoms with Gasteiger partial charge in [0.25, 0.3) is 0 Å². The fraction of sp³-hybridized carbons (Fsp3) is 0.214. The Morgan fingerprint density at radius 1 is 1.37 bits per heavy atom. The minimum atomic E-state index is 0.0320. The zero-order chi connectivity index (χ0) is 13.5. The second kappa shape index (κ2) is 7.10. The maximum atomic E-state index is 11.8. The fourth-order valence-corrected chi connectivity index (χ4v) is 2.99. The number of thiophene rings is 2. The molecular weight excluding hydrogens is 276 g/mol. The van der Waals surface area contributed by atoms with Crippen LogP contribution in [-0.2, 0) is 17.8 Å². The highest BCUT2D eigenvalue weighted by molar-refractivity contribution is 7.10. The van der Waals surface area contributed by atoms with Gasteiger partial charge in [0.2, 0.25) is 5.91 Å². The van der Waals surface area contributed by atoms with E-state index in [1.54, 1.807) is 22.7 Å². The third-order valence-electron chi connectivity index (χ3n) is 2.46. The first-order valence-electron chi connectivity index (χ1n) is 5.82. The Hall–Kier alpha value is -1.61. The van der Waals surface area contributed by atoms with Gasteiger partial charge in [0.1, 0.15) is 0 Å². The second-order valence-electron chi connectivity index (χ2n) is 3.85. The lowest BCUT2D eigenvalue weighted by Crippen LogP contribution is -2.24. The molecule has 0 aliphatic heterocycles. The molecule has 0 aliphatic rings. The van der Waals surface area contributed by atoms with Crippen molar-refractivity contribution in [1.29, 1.82) is 0 Å². The Balaban J connectivity index is 1.88. The van der Waals surface area contributed by atoms with Crippen molar-refractivity contribution in [2.75, 3.05) is 6.54 Å². The van der Waals surface area contributed by atoms with Gasteiger partial charge < -0.3 is 11.1 Å². The van der Waals surface area contributed by atoms with E-state index < -0.39 is 0 Å². The van der Waals surface area contributed by atoms with Crippen LogP contribution in [0, 0.1) is 11.8 Å². The van der Waals surface area contributed by atoms with Crippen LogP contribution in [0.4, 0.5) is 0 Å². The van der Waals surface area contributed by atoms with Crippen molar-refractivity contribution in [3.63, 3.8) is 0 Å². The summed E-state index contributed by atoms with van der Waals surface area (Å²) in [5, 5.41) is 8.85. The van der Waals surface area contributed by atoms with Crippen LogP contribution >= 0.6 is 22.7 Å². The summed E-state index contributed by atoms with van der Waals surface area (Å²) in [7, 11) is 0. The van der Waals surface area contributed by atoms with E-state index in [0.717, 1.165) is 16.0 Å². The van der Waals surface area contributed by atoms with E-state index >= 15 is 0 Å². The highest BCUT2D eigenvalue weighted by Crippen LogP contribution is 2.15. The van der Waals surface area contributed by atoms with E-state index in [0.29, 0.717) is 19.5 Å². The number of rotatable bonds is 4. The maximum Gasteiger partial charge on any atom is 0.224 e. The van der Waals surface area contributed by atoms with Gasteiger partial charge in [0.15, 0.2) is 0 Å². The molecule has 3 nitrogen and oxygen atoms in total. The van der Waals surface area contributed by atoms with Crippen LogP contribution in [-0.4, -0.2) is 12.5 Å². The molecular formula is C14H14N2OS2. The van der Waals surface area contributed by atoms with Crippen LogP contribution < -0.4 is 11.1 Å². The van der Waals surface area contributed by atoms with Crippen LogP contribution in [0.1, 0.15) is 16.0 Å². The SMILES string of the molecule is NCC#Cc1ccsc1CNC(=O)Cc1ccsc1. The van der Waals surface area contributed by atoms with Crippen LogP contribution in [0.25, 0.3) is 0 Å². The molecule has 2 heterocycles. The summed E-state index contributed by atoms with van der Waals surface area (Å²) in [5.41, 5.74) is 7.36. The van der Waals surface area contributed by atoms with Crippen LogP contribution in [0.2, 0.25) is 0 Å². The number of carbonyl (C=O) groups is 1. The van der Waals surface area contributed by atoms with Crippen molar-refractivity contribution in [2.24, 2.45) is 5.73 Å². The molecule has 0 saturated carbocycles. The van der Waals surface area contributed by atoms with Gasteiger partial charge in [-0.05, 0) is 33.8 Å². The lowest BCUT2D eigenvalue weighted by Gasteiger charge is -2.03. The summed E-state index contributed by atoms with van der Waals surface area (Å²) in [6, 6.07) is 3.92. The van der Waals surface area contributed by atoms with Gasteiger partial charge in [-0.15, -0.1) is 11.3 Å². The molecule has 0 aliphatic carbocycles. The Morgan fingerprint density at radius 2 is 2.26 bits per heavy atom. The molecule has 2 rings (SSSR count). The predicted octanol–water partition coefficient (Wildman–Crippen LogP) is 1.98. The molecule has 0 fully saturated rings. The molecule has 5 heteroatoms. The first kappa shape index (κ1) is 13.8. The molecule has 3 N–H and O–H groups in total. The molecule has 2 aromatic rings. The lowest BCUT2D eigenvalue weighted by atomic mass is 10.2. The smallest absolute Gasteiger partial charge is 0.224 e. The minimum absolute atomic E-state index is 0.0320.